The first-order valence-electron chi connectivity index (χ1n) is 4.39. The van der Waals surface area contributed by atoms with Crippen molar-refractivity contribution in [1.29, 1.82) is 0 Å². The van der Waals surface area contributed by atoms with Crippen molar-refractivity contribution < 1.29 is 14.6 Å². The Hall–Kier alpha value is -1.71. The number of rotatable bonds is 1. The van der Waals surface area contributed by atoms with Crippen LogP contribution in [0, 0.1) is 6.92 Å². The van der Waals surface area contributed by atoms with Gasteiger partial charge < -0.3 is 15.2 Å². The second kappa shape index (κ2) is 3.21. The average Bonchev–Trinajstić information content (AvgIpc) is 2.51. The van der Waals surface area contributed by atoms with Crippen LogP contribution >= 0.6 is 0 Å². The SMILES string of the molecule is Cc1cc(O)ccc1[C@H]1COC(=O)N1. The van der Waals surface area contributed by atoms with Crippen molar-refractivity contribution >= 4 is 6.09 Å². The van der Waals surface area contributed by atoms with Gasteiger partial charge in [-0.15, -0.1) is 0 Å². The van der Waals surface area contributed by atoms with E-state index in [9.17, 15) is 9.90 Å². The normalized spacial score (nSPS) is 20.4. The Balaban J connectivity index is 2.28. The summed E-state index contributed by atoms with van der Waals surface area (Å²) in [5, 5.41) is 11.9. The molecule has 0 radical (unpaired) electrons. The summed E-state index contributed by atoms with van der Waals surface area (Å²) in [6.07, 6.45) is -0.387. The van der Waals surface area contributed by atoms with E-state index in [1.165, 1.54) is 0 Å². The summed E-state index contributed by atoms with van der Waals surface area (Å²) in [4.78, 5) is 10.8. The highest BCUT2D eigenvalue weighted by Gasteiger charge is 2.24. The fraction of sp³-hybridized carbons (Fsp3) is 0.300. The summed E-state index contributed by atoms with van der Waals surface area (Å²) in [6, 6.07) is 4.97. The predicted octanol–water partition coefficient (Wildman–Crippen LogP) is 1.48. The second-order valence-electron chi connectivity index (χ2n) is 3.34. The third-order valence-corrected chi connectivity index (χ3v) is 2.30. The summed E-state index contributed by atoms with van der Waals surface area (Å²) >= 11 is 0. The molecule has 1 aromatic rings. The van der Waals surface area contributed by atoms with Crippen LogP contribution in [0.3, 0.4) is 0 Å². The van der Waals surface area contributed by atoms with E-state index in [0.29, 0.717) is 6.61 Å². The molecule has 0 unspecified atom stereocenters. The lowest BCUT2D eigenvalue weighted by Crippen LogP contribution is -2.18. The maximum absolute atomic E-state index is 10.8. The lowest BCUT2D eigenvalue weighted by molar-refractivity contribution is 0.177. The van der Waals surface area contributed by atoms with E-state index in [1.54, 1.807) is 18.2 Å². The van der Waals surface area contributed by atoms with Gasteiger partial charge in [-0.2, -0.15) is 0 Å². The molecule has 0 spiro atoms. The van der Waals surface area contributed by atoms with Gasteiger partial charge in [-0.1, -0.05) is 6.07 Å². The molecule has 1 amide bonds. The molecule has 4 nitrogen and oxygen atoms in total. The Labute approximate surface area is 81.5 Å². The number of ether oxygens (including phenoxy) is 1. The number of phenols is 1. The number of amides is 1. The minimum Gasteiger partial charge on any atom is -0.508 e. The summed E-state index contributed by atoms with van der Waals surface area (Å²) in [6.45, 7) is 2.24. The number of phenolic OH excluding ortho intramolecular Hbond substituents is 1. The molecule has 1 heterocycles. The van der Waals surface area contributed by atoms with Gasteiger partial charge in [0, 0.05) is 0 Å². The Kier molecular flexibility index (Phi) is 2.04. The van der Waals surface area contributed by atoms with E-state index in [-0.39, 0.29) is 17.9 Å². The lowest BCUT2D eigenvalue weighted by atomic mass is 10.0. The van der Waals surface area contributed by atoms with Crippen molar-refractivity contribution in [3.63, 3.8) is 0 Å². The number of hydrogen-bond donors (Lipinski definition) is 2. The molecule has 2 N–H and O–H groups in total. The highest BCUT2D eigenvalue weighted by Crippen LogP contribution is 2.24. The van der Waals surface area contributed by atoms with Crippen LogP contribution in [0.15, 0.2) is 18.2 Å². The Bertz CT molecular complexity index is 376. The molecule has 0 bridgehead atoms. The molecule has 1 aromatic carbocycles. The number of aryl methyl sites for hydroxylation is 1. The quantitative estimate of drug-likeness (QED) is 0.710. The van der Waals surface area contributed by atoms with E-state index >= 15 is 0 Å². The maximum Gasteiger partial charge on any atom is 0.407 e. The number of alkyl carbamates (subject to hydrolysis) is 1. The van der Waals surface area contributed by atoms with Crippen LogP contribution in [-0.2, 0) is 4.74 Å². The maximum atomic E-state index is 10.8. The van der Waals surface area contributed by atoms with E-state index < -0.39 is 0 Å². The van der Waals surface area contributed by atoms with Crippen LogP contribution in [-0.4, -0.2) is 17.8 Å². The molecule has 0 aromatic heterocycles. The van der Waals surface area contributed by atoms with Crippen molar-refractivity contribution in [3.05, 3.63) is 29.3 Å². The highest BCUT2D eigenvalue weighted by atomic mass is 16.6. The van der Waals surface area contributed by atoms with Crippen LogP contribution < -0.4 is 5.32 Å². The minimum atomic E-state index is -0.387. The zero-order chi connectivity index (χ0) is 10.1. The fourth-order valence-corrected chi connectivity index (χ4v) is 1.60. The molecule has 1 atom stereocenters. The van der Waals surface area contributed by atoms with Gasteiger partial charge in [0.1, 0.15) is 12.4 Å². The highest BCUT2D eigenvalue weighted by molar-refractivity contribution is 5.70. The lowest BCUT2D eigenvalue weighted by Gasteiger charge is -2.10. The van der Waals surface area contributed by atoms with Crippen molar-refractivity contribution in [2.24, 2.45) is 0 Å². The van der Waals surface area contributed by atoms with Crippen LogP contribution in [0.5, 0.6) is 5.75 Å². The van der Waals surface area contributed by atoms with Gasteiger partial charge in [0.2, 0.25) is 0 Å². The number of aromatic hydroxyl groups is 1. The van der Waals surface area contributed by atoms with Crippen molar-refractivity contribution in [2.75, 3.05) is 6.61 Å². The molecule has 14 heavy (non-hydrogen) atoms. The largest absolute Gasteiger partial charge is 0.508 e. The van der Waals surface area contributed by atoms with Gasteiger partial charge in [-0.3, -0.25) is 0 Å². The second-order valence-corrected chi connectivity index (χ2v) is 3.34. The van der Waals surface area contributed by atoms with Crippen LogP contribution in [0.4, 0.5) is 4.79 Å². The smallest absolute Gasteiger partial charge is 0.407 e. The van der Waals surface area contributed by atoms with Crippen molar-refractivity contribution in [2.45, 2.75) is 13.0 Å². The van der Waals surface area contributed by atoms with Gasteiger partial charge in [0.05, 0.1) is 6.04 Å². The third kappa shape index (κ3) is 1.51. The fourth-order valence-electron chi connectivity index (χ4n) is 1.60. The molecule has 0 aliphatic carbocycles. The number of carbonyl (C=O) groups is 1. The van der Waals surface area contributed by atoms with Crippen LogP contribution in [0.25, 0.3) is 0 Å². The predicted molar refractivity (Wildman–Crippen MR) is 50.1 cm³/mol. The van der Waals surface area contributed by atoms with Crippen molar-refractivity contribution in [1.82, 2.24) is 5.32 Å². The van der Waals surface area contributed by atoms with Gasteiger partial charge >= 0.3 is 6.09 Å². The van der Waals surface area contributed by atoms with E-state index in [4.69, 9.17) is 4.74 Å². The van der Waals surface area contributed by atoms with E-state index in [2.05, 4.69) is 5.32 Å². The molecule has 4 heteroatoms. The Morgan fingerprint density at radius 2 is 2.36 bits per heavy atom. The van der Waals surface area contributed by atoms with Gasteiger partial charge in [0.15, 0.2) is 0 Å². The number of nitrogens with one attached hydrogen (secondary N) is 1. The zero-order valence-electron chi connectivity index (χ0n) is 7.78. The molecule has 1 saturated heterocycles. The molecule has 1 fully saturated rings. The number of hydrogen-bond acceptors (Lipinski definition) is 3. The monoisotopic (exact) mass is 193 g/mol. The van der Waals surface area contributed by atoms with Gasteiger partial charge in [0.25, 0.3) is 0 Å². The molecular formula is C10H11NO3. The van der Waals surface area contributed by atoms with Crippen LogP contribution in [0.1, 0.15) is 17.2 Å². The first-order chi connectivity index (χ1) is 6.66. The summed E-state index contributed by atoms with van der Waals surface area (Å²) in [7, 11) is 0. The van der Waals surface area contributed by atoms with E-state index in [0.717, 1.165) is 11.1 Å². The molecular weight excluding hydrogens is 182 g/mol. The molecule has 2 rings (SSSR count). The molecule has 0 saturated carbocycles. The first-order valence-corrected chi connectivity index (χ1v) is 4.39. The minimum absolute atomic E-state index is 0.0944. The first kappa shape index (κ1) is 8.87. The molecule has 1 aliphatic heterocycles. The van der Waals surface area contributed by atoms with Gasteiger partial charge in [-0.25, -0.2) is 4.79 Å². The van der Waals surface area contributed by atoms with Crippen molar-refractivity contribution in [3.8, 4) is 5.75 Å². The summed E-state index contributed by atoms with van der Waals surface area (Å²) in [5.41, 5.74) is 1.93. The summed E-state index contributed by atoms with van der Waals surface area (Å²) in [5.74, 6) is 0.233. The summed E-state index contributed by atoms with van der Waals surface area (Å²) < 4.78 is 4.79. The standard InChI is InChI=1S/C10H11NO3/c1-6-4-7(12)2-3-8(6)9-5-14-10(13)11-9/h2-4,9,12H,5H2,1H3,(H,11,13)/t9-/m1/s1. The zero-order valence-corrected chi connectivity index (χ0v) is 7.78. The number of carbonyl (C=O) groups excluding carboxylic acids is 1. The average molecular weight is 193 g/mol. The Morgan fingerprint density at radius 3 is 2.93 bits per heavy atom. The number of cyclic esters (lactones) is 1. The third-order valence-electron chi connectivity index (χ3n) is 2.30. The van der Waals surface area contributed by atoms with E-state index in [1.807, 2.05) is 6.92 Å². The molecule has 74 valence electrons. The topological polar surface area (TPSA) is 58.6 Å². The number of benzene rings is 1. The van der Waals surface area contributed by atoms with Gasteiger partial charge in [-0.05, 0) is 30.2 Å². The Morgan fingerprint density at radius 1 is 1.57 bits per heavy atom. The molecule has 1 aliphatic rings. The van der Waals surface area contributed by atoms with Crippen LogP contribution in [0.2, 0.25) is 0 Å².